The number of carbonyl (C=O) groups excluding carboxylic acids is 1. The van der Waals surface area contributed by atoms with Crippen molar-refractivity contribution in [2.75, 3.05) is 17.5 Å². The molecular weight excluding hydrogens is 416 g/mol. The Morgan fingerprint density at radius 1 is 0.935 bits per heavy atom. The summed E-state index contributed by atoms with van der Waals surface area (Å²) >= 11 is 0. The zero-order valence-corrected chi connectivity index (χ0v) is 17.7. The van der Waals surface area contributed by atoms with Gasteiger partial charge in [0.15, 0.2) is 0 Å². The summed E-state index contributed by atoms with van der Waals surface area (Å²) in [6, 6.07) is 17.1. The Kier molecular flexibility index (Phi) is 5.84. The second kappa shape index (κ2) is 8.56. The Balaban J connectivity index is 1.67. The number of unbranched alkanes of at least 4 members (excludes halogenated alkanes) is 2. The maximum absolute atomic E-state index is 12.2. The zero-order valence-electron chi connectivity index (χ0n) is 16.9. The third-order valence-electron chi connectivity index (χ3n) is 5.41. The van der Waals surface area contributed by atoms with E-state index in [-0.39, 0.29) is 24.6 Å². The van der Waals surface area contributed by atoms with Gasteiger partial charge in [0, 0.05) is 6.61 Å². The lowest BCUT2D eigenvalue weighted by Crippen LogP contribution is -2.29. The third-order valence-corrected chi connectivity index (χ3v) is 6.80. The van der Waals surface area contributed by atoms with E-state index in [1.165, 1.54) is 11.6 Å². The number of fused-ring (bicyclic) bond motifs is 1. The number of nitrogens with one attached hydrogen (secondary N) is 1. The second-order valence-corrected chi connectivity index (χ2v) is 9.27. The lowest BCUT2D eigenvalue weighted by Gasteiger charge is -2.17. The molecule has 0 radical (unpaired) electrons. The normalized spacial score (nSPS) is 15.4. The molecule has 1 aliphatic rings. The number of hydrogen-bond acceptors (Lipinski definition) is 5. The maximum Gasteiger partial charge on any atom is 0.326 e. The summed E-state index contributed by atoms with van der Waals surface area (Å²) < 4.78 is 27.2. The topological polar surface area (TPSA) is 107 Å². The standard InChI is InChI=1S/C23H24N2O5S/c26-10-3-1-2-5-16-6-4-7-17(11-16)18-8-9-19-14-22(27)21(13-20(19)12-18)25-15-23(28)24-31(25,29)30/h4,6-9,11-14,26-27H,1-3,5,10,15H2,(H,24,28). The van der Waals surface area contributed by atoms with Gasteiger partial charge in [-0.1, -0.05) is 42.8 Å². The van der Waals surface area contributed by atoms with Crippen molar-refractivity contribution in [1.82, 2.24) is 4.72 Å². The average Bonchev–Trinajstić information content (AvgIpc) is 3.02. The Labute approximate surface area is 181 Å². The summed E-state index contributed by atoms with van der Waals surface area (Å²) in [5.74, 6) is -0.839. The monoisotopic (exact) mass is 440 g/mol. The van der Waals surface area contributed by atoms with Gasteiger partial charge in [-0.2, -0.15) is 8.42 Å². The van der Waals surface area contributed by atoms with Crippen LogP contribution < -0.4 is 9.03 Å². The first kappa shape index (κ1) is 21.1. The van der Waals surface area contributed by atoms with Crippen LogP contribution in [0, 0.1) is 0 Å². The Bertz CT molecular complexity index is 1240. The van der Waals surface area contributed by atoms with Gasteiger partial charge in [0.25, 0.3) is 5.91 Å². The number of nitrogens with zero attached hydrogens (tertiary/aromatic N) is 1. The highest BCUT2D eigenvalue weighted by molar-refractivity contribution is 7.92. The van der Waals surface area contributed by atoms with E-state index in [4.69, 9.17) is 5.11 Å². The van der Waals surface area contributed by atoms with E-state index >= 15 is 0 Å². The SMILES string of the molecule is O=C1CN(c2cc3cc(-c4cccc(CCCCCO)c4)ccc3cc2O)S(=O)(=O)N1. The number of phenols is 1. The minimum Gasteiger partial charge on any atom is -0.506 e. The van der Waals surface area contributed by atoms with Crippen molar-refractivity contribution in [3.8, 4) is 16.9 Å². The molecule has 3 aromatic carbocycles. The fourth-order valence-electron chi connectivity index (χ4n) is 3.84. The molecule has 162 valence electrons. The number of aromatic hydroxyl groups is 1. The number of rotatable bonds is 7. The minimum absolute atomic E-state index is 0.0700. The molecule has 0 aliphatic carbocycles. The number of hydrogen-bond donors (Lipinski definition) is 3. The van der Waals surface area contributed by atoms with Crippen LogP contribution in [0.4, 0.5) is 5.69 Å². The van der Waals surface area contributed by atoms with Gasteiger partial charge >= 0.3 is 10.2 Å². The van der Waals surface area contributed by atoms with E-state index < -0.39 is 16.1 Å². The van der Waals surface area contributed by atoms with Crippen molar-refractivity contribution in [1.29, 1.82) is 0 Å². The van der Waals surface area contributed by atoms with E-state index in [2.05, 4.69) is 12.1 Å². The Morgan fingerprint density at radius 2 is 1.74 bits per heavy atom. The van der Waals surface area contributed by atoms with Gasteiger partial charge in [-0.05, 0) is 64.9 Å². The minimum atomic E-state index is -4.00. The molecule has 8 heteroatoms. The first-order chi connectivity index (χ1) is 14.9. The van der Waals surface area contributed by atoms with Crippen molar-refractivity contribution in [3.05, 3.63) is 60.2 Å². The molecule has 3 N–H and O–H groups in total. The van der Waals surface area contributed by atoms with Crippen LogP contribution in [0.1, 0.15) is 24.8 Å². The zero-order chi connectivity index (χ0) is 22.0. The summed E-state index contributed by atoms with van der Waals surface area (Å²) in [6.07, 6.45) is 3.75. The van der Waals surface area contributed by atoms with Crippen LogP contribution in [0.15, 0.2) is 54.6 Å². The number of aryl methyl sites for hydroxylation is 1. The van der Waals surface area contributed by atoms with Gasteiger partial charge in [-0.15, -0.1) is 0 Å². The number of aliphatic hydroxyl groups is 1. The fourth-order valence-corrected chi connectivity index (χ4v) is 4.99. The predicted octanol–water partition coefficient (Wildman–Crippen LogP) is 3.10. The molecule has 0 bridgehead atoms. The van der Waals surface area contributed by atoms with Crippen LogP contribution in [-0.4, -0.2) is 37.7 Å². The van der Waals surface area contributed by atoms with Crippen LogP contribution in [0.2, 0.25) is 0 Å². The highest BCUT2D eigenvalue weighted by Crippen LogP contribution is 2.36. The van der Waals surface area contributed by atoms with Crippen molar-refractivity contribution in [3.63, 3.8) is 0 Å². The average molecular weight is 441 g/mol. The van der Waals surface area contributed by atoms with Gasteiger partial charge in [0.1, 0.15) is 12.3 Å². The number of aliphatic hydroxyl groups excluding tert-OH is 1. The molecule has 0 unspecified atom stereocenters. The molecule has 0 aromatic heterocycles. The van der Waals surface area contributed by atoms with Gasteiger partial charge in [-0.3, -0.25) is 4.79 Å². The number of amides is 1. The molecule has 1 amide bonds. The van der Waals surface area contributed by atoms with Crippen LogP contribution in [0.5, 0.6) is 5.75 Å². The van der Waals surface area contributed by atoms with E-state index in [0.29, 0.717) is 0 Å². The fraction of sp³-hybridized carbons (Fsp3) is 0.261. The highest BCUT2D eigenvalue weighted by Gasteiger charge is 2.35. The van der Waals surface area contributed by atoms with Crippen molar-refractivity contribution < 1.29 is 23.4 Å². The molecule has 3 aromatic rings. The van der Waals surface area contributed by atoms with E-state index in [1.54, 1.807) is 6.07 Å². The van der Waals surface area contributed by atoms with Gasteiger partial charge < -0.3 is 10.2 Å². The lowest BCUT2D eigenvalue weighted by molar-refractivity contribution is -0.117. The van der Waals surface area contributed by atoms with Crippen molar-refractivity contribution in [2.24, 2.45) is 0 Å². The largest absolute Gasteiger partial charge is 0.506 e. The summed E-state index contributed by atoms with van der Waals surface area (Å²) in [6.45, 7) is -0.142. The highest BCUT2D eigenvalue weighted by atomic mass is 32.2. The van der Waals surface area contributed by atoms with E-state index in [1.807, 2.05) is 35.1 Å². The van der Waals surface area contributed by atoms with E-state index in [0.717, 1.165) is 51.9 Å². The summed E-state index contributed by atoms with van der Waals surface area (Å²) in [5, 5.41) is 20.8. The number of phenolic OH excluding ortho intramolecular Hbond substituents is 1. The number of anilines is 1. The smallest absolute Gasteiger partial charge is 0.326 e. The molecule has 1 aliphatic heterocycles. The maximum atomic E-state index is 12.2. The van der Waals surface area contributed by atoms with Gasteiger partial charge in [0.2, 0.25) is 0 Å². The quantitative estimate of drug-likeness (QED) is 0.490. The second-order valence-electron chi connectivity index (χ2n) is 7.67. The van der Waals surface area contributed by atoms with Crippen LogP contribution in [0.25, 0.3) is 21.9 Å². The molecule has 1 heterocycles. The van der Waals surface area contributed by atoms with Crippen LogP contribution >= 0.6 is 0 Å². The van der Waals surface area contributed by atoms with Crippen LogP contribution in [0.3, 0.4) is 0 Å². The number of carbonyl (C=O) groups is 1. The molecule has 4 rings (SSSR count). The predicted molar refractivity (Wildman–Crippen MR) is 120 cm³/mol. The van der Waals surface area contributed by atoms with Gasteiger partial charge in [0.05, 0.1) is 5.69 Å². The third kappa shape index (κ3) is 4.50. The Morgan fingerprint density at radius 3 is 2.48 bits per heavy atom. The lowest BCUT2D eigenvalue weighted by atomic mass is 9.97. The molecule has 31 heavy (non-hydrogen) atoms. The van der Waals surface area contributed by atoms with Crippen LogP contribution in [-0.2, 0) is 21.4 Å². The molecule has 0 atom stereocenters. The molecule has 0 spiro atoms. The Hall–Kier alpha value is -3.10. The summed E-state index contributed by atoms with van der Waals surface area (Å²) in [4.78, 5) is 11.6. The first-order valence-corrected chi connectivity index (χ1v) is 11.6. The molecular formula is C23H24N2O5S. The molecule has 0 saturated carbocycles. The van der Waals surface area contributed by atoms with Crippen molar-refractivity contribution in [2.45, 2.75) is 25.7 Å². The molecule has 7 nitrogen and oxygen atoms in total. The van der Waals surface area contributed by atoms with E-state index in [9.17, 15) is 18.3 Å². The summed E-state index contributed by atoms with van der Waals surface area (Å²) in [7, 11) is -4.00. The molecule has 1 fully saturated rings. The first-order valence-electron chi connectivity index (χ1n) is 10.2. The number of benzene rings is 3. The summed E-state index contributed by atoms with van der Waals surface area (Å²) in [5.41, 5.74) is 3.30. The van der Waals surface area contributed by atoms with Crippen molar-refractivity contribution >= 4 is 32.6 Å². The molecule has 1 saturated heterocycles. The van der Waals surface area contributed by atoms with Gasteiger partial charge in [-0.25, -0.2) is 9.03 Å².